The molecule has 0 spiro atoms. The fourth-order valence-electron chi connectivity index (χ4n) is 5.46. The maximum Gasteiger partial charge on any atom is 0.0642 e. The molecule has 0 aliphatic carbocycles. The number of hydrogen-bond donors (Lipinski definition) is 0. The summed E-state index contributed by atoms with van der Waals surface area (Å²) in [5, 5.41) is 0. The van der Waals surface area contributed by atoms with E-state index in [1.165, 1.54) is 33.5 Å². The maximum absolute atomic E-state index is 5.51. The molecule has 0 unspecified atom stereocenters. The van der Waals surface area contributed by atoms with Crippen molar-refractivity contribution in [1.29, 1.82) is 0 Å². The maximum atomic E-state index is 5.51. The summed E-state index contributed by atoms with van der Waals surface area (Å²) < 4.78 is 5.51. The van der Waals surface area contributed by atoms with Gasteiger partial charge < -0.3 is 9.64 Å². The number of rotatable bonds is 8. The lowest BCUT2D eigenvalue weighted by atomic mass is 10.0. The van der Waals surface area contributed by atoms with Crippen molar-refractivity contribution in [3.05, 3.63) is 150 Å². The zero-order valence-corrected chi connectivity index (χ0v) is 25.7. The first-order chi connectivity index (χ1) is 22.3. The zero-order valence-electron chi connectivity index (χ0n) is 25.7. The summed E-state index contributed by atoms with van der Waals surface area (Å²) in [5.74, 6) is 13.6. The molecule has 45 heavy (non-hydrogen) atoms. The Morgan fingerprint density at radius 1 is 0.533 bits per heavy atom. The van der Waals surface area contributed by atoms with Crippen molar-refractivity contribution in [3.63, 3.8) is 0 Å². The number of anilines is 1. The number of ether oxygens (including phenoxy) is 1. The van der Waals surface area contributed by atoms with Gasteiger partial charge >= 0.3 is 0 Å². The van der Waals surface area contributed by atoms with E-state index in [1.54, 1.807) is 0 Å². The fraction of sp³-hybridized carbons (Fsp3) is 0.190. The SMILES string of the molecule is C(#Cc1ccc(-c2ccccc2)cc1)CN(CC#Cc1ccc(-c2ccccc2)cc1)CCc1ccc(N2CCOCC2)cc1. The molecule has 0 bridgehead atoms. The Bertz CT molecular complexity index is 1650. The van der Waals surface area contributed by atoms with Crippen molar-refractivity contribution in [2.45, 2.75) is 6.42 Å². The van der Waals surface area contributed by atoms with Gasteiger partial charge in [-0.1, -0.05) is 121 Å². The molecule has 0 saturated carbocycles. The zero-order chi connectivity index (χ0) is 30.5. The molecule has 6 rings (SSSR count). The molecule has 0 radical (unpaired) electrons. The van der Waals surface area contributed by atoms with Gasteiger partial charge in [0.05, 0.1) is 26.3 Å². The van der Waals surface area contributed by atoms with Crippen LogP contribution >= 0.6 is 0 Å². The molecule has 1 aliphatic rings. The first-order valence-corrected chi connectivity index (χ1v) is 15.7. The van der Waals surface area contributed by atoms with E-state index in [0.29, 0.717) is 13.1 Å². The summed E-state index contributed by atoms with van der Waals surface area (Å²) in [4.78, 5) is 4.73. The molecule has 0 atom stereocenters. The molecular formula is C42H38N2O. The van der Waals surface area contributed by atoms with E-state index in [2.05, 4.69) is 155 Å². The number of nitrogens with zero attached hydrogens (tertiary/aromatic N) is 2. The highest BCUT2D eigenvalue weighted by molar-refractivity contribution is 5.65. The molecular weight excluding hydrogens is 548 g/mol. The number of benzene rings is 5. The minimum atomic E-state index is 0.661. The minimum Gasteiger partial charge on any atom is -0.378 e. The van der Waals surface area contributed by atoms with E-state index < -0.39 is 0 Å². The van der Waals surface area contributed by atoms with Crippen LogP contribution in [0, 0.1) is 23.7 Å². The average molecular weight is 587 g/mol. The third-order valence-corrected chi connectivity index (χ3v) is 8.08. The summed E-state index contributed by atoms with van der Waals surface area (Å²) in [6.07, 6.45) is 0.949. The molecule has 5 aromatic carbocycles. The highest BCUT2D eigenvalue weighted by Crippen LogP contribution is 2.20. The lowest BCUT2D eigenvalue weighted by molar-refractivity contribution is 0.122. The Morgan fingerprint density at radius 3 is 1.49 bits per heavy atom. The van der Waals surface area contributed by atoms with Crippen LogP contribution in [0.3, 0.4) is 0 Å². The van der Waals surface area contributed by atoms with Crippen LogP contribution in [-0.2, 0) is 11.2 Å². The molecule has 0 amide bonds. The topological polar surface area (TPSA) is 15.7 Å². The van der Waals surface area contributed by atoms with Crippen molar-refractivity contribution < 1.29 is 4.74 Å². The van der Waals surface area contributed by atoms with Crippen molar-refractivity contribution in [3.8, 4) is 45.9 Å². The van der Waals surface area contributed by atoms with Gasteiger partial charge in [0.2, 0.25) is 0 Å². The third kappa shape index (κ3) is 8.75. The highest BCUT2D eigenvalue weighted by atomic mass is 16.5. The highest BCUT2D eigenvalue weighted by Gasteiger charge is 2.11. The lowest BCUT2D eigenvalue weighted by Crippen LogP contribution is -2.36. The Hall–Kier alpha value is -5.06. The van der Waals surface area contributed by atoms with Crippen molar-refractivity contribution >= 4 is 5.69 Å². The Labute approximate surface area is 268 Å². The van der Waals surface area contributed by atoms with Gasteiger partial charge in [-0.25, -0.2) is 0 Å². The average Bonchev–Trinajstić information content (AvgIpc) is 3.12. The van der Waals surface area contributed by atoms with E-state index >= 15 is 0 Å². The summed E-state index contributed by atoms with van der Waals surface area (Å²) in [7, 11) is 0. The van der Waals surface area contributed by atoms with Gasteiger partial charge in [0.1, 0.15) is 0 Å². The van der Waals surface area contributed by atoms with Crippen LogP contribution in [0.5, 0.6) is 0 Å². The predicted molar refractivity (Wildman–Crippen MR) is 187 cm³/mol. The van der Waals surface area contributed by atoms with Gasteiger partial charge in [0.15, 0.2) is 0 Å². The molecule has 222 valence electrons. The molecule has 1 heterocycles. The van der Waals surface area contributed by atoms with Gasteiger partial charge in [0.25, 0.3) is 0 Å². The fourth-order valence-corrected chi connectivity index (χ4v) is 5.46. The molecule has 3 heteroatoms. The number of hydrogen-bond acceptors (Lipinski definition) is 3. The summed E-state index contributed by atoms with van der Waals surface area (Å²) in [6.45, 7) is 5.71. The summed E-state index contributed by atoms with van der Waals surface area (Å²) in [6, 6.07) is 46.9. The smallest absolute Gasteiger partial charge is 0.0642 e. The number of morpholine rings is 1. The van der Waals surface area contributed by atoms with Crippen molar-refractivity contribution in [2.24, 2.45) is 0 Å². The predicted octanol–water partition coefficient (Wildman–Crippen LogP) is 7.81. The molecule has 1 fully saturated rings. The van der Waals surface area contributed by atoms with Gasteiger partial charge in [-0.15, -0.1) is 0 Å². The summed E-state index contributed by atoms with van der Waals surface area (Å²) >= 11 is 0. The van der Waals surface area contributed by atoms with E-state index in [1.807, 2.05) is 12.1 Å². The Kier molecular flexibility index (Phi) is 10.4. The minimum absolute atomic E-state index is 0.661. The monoisotopic (exact) mass is 586 g/mol. The standard InChI is InChI=1S/C42H38N2O/c1-3-11-38(12-4-1)40-21-15-35(16-22-40)9-7-28-43(30-27-37-19-25-42(26-20-37)44-31-33-45-34-32-44)29-8-10-36-17-23-41(24-18-36)39-13-5-2-6-14-39/h1-6,11-26H,27-34H2. The van der Waals surface area contributed by atoms with Gasteiger partial charge in [-0.05, 0) is 70.6 Å². The van der Waals surface area contributed by atoms with Crippen LogP contribution in [0.1, 0.15) is 16.7 Å². The largest absolute Gasteiger partial charge is 0.378 e. The van der Waals surface area contributed by atoms with Crippen LogP contribution in [0.2, 0.25) is 0 Å². The van der Waals surface area contributed by atoms with E-state index in [4.69, 9.17) is 4.74 Å². The van der Waals surface area contributed by atoms with E-state index in [-0.39, 0.29) is 0 Å². The second-order valence-electron chi connectivity index (χ2n) is 11.2. The Morgan fingerprint density at radius 2 is 1.00 bits per heavy atom. The van der Waals surface area contributed by atoms with Crippen LogP contribution in [0.25, 0.3) is 22.3 Å². The van der Waals surface area contributed by atoms with Crippen LogP contribution < -0.4 is 4.90 Å². The van der Waals surface area contributed by atoms with Crippen molar-refractivity contribution in [2.75, 3.05) is 50.8 Å². The van der Waals surface area contributed by atoms with Gasteiger partial charge in [0, 0.05) is 36.4 Å². The first-order valence-electron chi connectivity index (χ1n) is 15.7. The normalized spacial score (nSPS) is 12.6. The molecule has 1 aliphatic heterocycles. The van der Waals surface area contributed by atoms with Crippen molar-refractivity contribution in [1.82, 2.24) is 4.90 Å². The van der Waals surface area contributed by atoms with Crippen LogP contribution in [0.15, 0.2) is 133 Å². The third-order valence-electron chi connectivity index (χ3n) is 8.08. The summed E-state index contributed by atoms with van der Waals surface area (Å²) in [5.41, 5.74) is 9.49. The molecule has 1 saturated heterocycles. The van der Waals surface area contributed by atoms with Gasteiger partial charge in [-0.2, -0.15) is 0 Å². The quantitative estimate of drug-likeness (QED) is 0.173. The second-order valence-corrected chi connectivity index (χ2v) is 11.2. The molecule has 3 nitrogen and oxygen atoms in total. The molecule has 5 aromatic rings. The van der Waals surface area contributed by atoms with E-state index in [0.717, 1.165) is 50.4 Å². The molecule has 0 N–H and O–H groups in total. The molecule has 0 aromatic heterocycles. The van der Waals surface area contributed by atoms with E-state index in [9.17, 15) is 0 Å². The lowest BCUT2D eigenvalue weighted by Gasteiger charge is -2.29. The van der Waals surface area contributed by atoms with Crippen LogP contribution in [0.4, 0.5) is 5.69 Å². The first kappa shape index (κ1) is 30.0. The second kappa shape index (κ2) is 15.6. The Balaban J connectivity index is 1.11. The van der Waals surface area contributed by atoms with Crippen LogP contribution in [-0.4, -0.2) is 50.8 Å². The van der Waals surface area contributed by atoms with Gasteiger partial charge in [-0.3, -0.25) is 4.90 Å².